The summed E-state index contributed by atoms with van der Waals surface area (Å²) in [5.74, 6) is 1.56. The van der Waals surface area contributed by atoms with E-state index < -0.39 is 0 Å². The van der Waals surface area contributed by atoms with Gasteiger partial charge in [-0.05, 0) is 56.9 Å². The monoisotopic (exact) mass is 485 g/mol. The lowest BCUT2D eigenvalue weighted by atomic mass is 9.79. The molecule has 5 rings (SSSR count). The van der Waals surface area contributed by atoms with Gasteiger partial charge in [-0.15, -0.1) is 0 Å². The van der Waals surface area contributed by atoms with E-state index in [-0.39, 0.29) is 11.4 Å². The summed E-state index contributed by atoms with van der Waals surface area (Å²) in [7, 11) is 0. The zero-order valence-corrected chi connectivity index (χ0v) is 21.8. The maximum Gasteiger partial charge on any atom is 0.237 e. The number of aromatic nitrogens is 4. The molecular weight excluding hydrogens is 454 g/mol. The largest absolute Gasteiger partial charge is 0.306 e. The van der Waals surface area contributed by atoms with Crippen LogP contribution in [0.1, 0.15) is 57.0 Å². The van der Waals surface area contributed by atoms with E-state index in [0.29, 0.717) is 18.1 Å². The Hall–Kier alpha value is -3.19. The van der Waals surface area contributed by atoms with Gasteiger partial charge in [0.05, 0.1) is 23.0 Å². The molecule has 2 aromatic carbocycles. The van der Waals surface area contributed by atoms with Crippen LogP contribution in [0, 0.1) is 6.92 Å². The standard InChI is InChI=1S/C28H31N5OS/c1-6-24-30-26-22(16-29-33(26)20-10-8-7-9-11-20)27(31-24)35-17-25(34)32-23-13-12-18(2)14-21(23)19(3)15-28(32,4)5/h7-14,16,19H,6,15,17H2,1-5H3/t19-/m1/s1. The first-order valence-corrected chi connectivity index (χ1v) is 13.1. The first-order valence-electron chi connectivity index (χ1n) is 12.1. The van der Waals surface area contributed by atoms with Crippen LogP contribution in [0.15, 0.2) is 59.8 Å². The minimum absolute atomic E-state index is 0.0947. The van der Waals surface area contributed by atoms with Crippen LogP contribution < -0.4 is 4.90 Å². The highest BCUT2D eigenvalue weighted by molar-refractivity contribution is 8.00. The van der Waals surface area contributed by atoms with Gasteiger partial charge in [-0.25, -0.2) is 14.6 Å². The lowest BCUT2D eigenvalue weighted by Crippen LogP contribution is -2.52. The molecule has 1 amide bonds. The molecule has 2 aromatic heterocycles. The summed E-state index contributed by atoms with van der Waals surface area (Å²) in [6.07, 6.45) is 3.45. The van der Waals surface area contributed by atoms with E-state index in [9.17, 15) is 4.79 Å². The van der Waals surface area contributed by atoms with Crippen LogP contribution >= 0.6 is 11.8 Å². The molecule has 0 fully saturated rings. The third kappa shape index (κ3) is 4.33. The van der Waals surface area contributed by atoms with E-state index in [0.717, 1.165) is 39.7 Å². The molecule has 0 unspecified atom stereocenters. The van der Waals surface area contributed by atoms with Gasteiger partial charge in [-0.1, -0.05) is 61.5 Å². The van der Waals surface area contributed by atoms with E-state index in [4.69, 9.17) is 9.97 Å². The van der Waals surface area contributed by atoms with E-state index in [1.807, 2.05) is 46.8 Å². The van der Waals surface area contributed by atoms with Gasteiger partial charge in [0.25, 0.3) is 0 Å². The number of para-hydroxylation sites is 1. The Morgan fingerprint density at radius 1 is 1.14 bits per heavy atom. The number of benzene rings is 2. The van der Waals surface area contributed by atoms with Crippen LogP contribution in [0.3, 0.4) is 0 Å². The molecule has 0 radical (unpaired) electrons. The Kier molecular flexibility index (Phi) is 6.13. The van der Waals surface area contributed by atoms with Crippen LogP contribution in [0.5, 0.6) is 0 Å². The summed E-state index contributed by atoms with van der Waals surface area (Å²) in [6.45, 7) is 10.7. The number of hydrogen-bond acceptors (Lipinski definition) is 5. The van der Waals surface area contributed by atoms with Crippen molar-refractivity contribution in [2.24, 2.45) is 0 Å². The van der Waals surface area contributed by atoms with Crippen LogP contribution in [0.2, 0.25) is 0 Å². The number of thioether (sulfide) groups is 1. The van der Waals surface area contributed by atoms with Gasteiger partial charge in [0.2, 0.25) is 5.91 Å². The summed E-state index contributed by atoms with van der Waals surface area (Å²) in [5, 5.41) is 6.26. The number of hydrogen-bond donors (Lipinski definition) is 0. The van der Waals surface area contributed by atoms with Crippen molar-refractivity contribution in [1.29, 1.82) is 0 Å². The van der Waals surface area contributed by atoms with Gasteiger partial charge in [0.1, 0.15) is 10.9 Å². The van der Waals surface area contributed by atoms with Crippen molar-refractivity contribution in [3.05, 3.63) is 71.7 Å². The van der Waals surface area contributed by atoms with Gasteiger partial charge in [-0.2, -0.15) is 5.10 Å². The SMILES string of the molecule is CCc1nc(SCC(=O)N2c3ccc(C)cc3[C@H](C)CC2(C)C)c2cnn(-c3ccccc3)c2n1. The van der Waals surface area contributed by atoms with E-state index in [2.05, 4.69) is 51.0 Å². The van der Waals surface area contributed by atoms with Crippen molar-refractivity contribution in [3.63, 3.8) is 0 Å². The topological polar surface area (TPSA) is 63.9 Å². The maximum absolute atomic E-state index is 13.7. The summed E-state index contributed by atoms with van der Waals surface area (Å²) < 4.78 is 1.84. The molecule has 0 spiro atoms. The second-order valence-corrected chi connectivity index (χ2v) is 10.9. The zero-order chi connectivity index (χ0) is 24.7. The van der Waals surface area contributed by atoms with Crippen LogP contribution in [0.25, 0.3) is 16.7 Å². The molecule has 35 heavy (non-hydrogen) atoms. The molecule has 180 valence electrons. The second kappa shape index (κ2) is 9.11. The number of aryl methyl sites for hydroxylation is 2. The highest BCUT2D eigenvalue weighted by atomic mass is 32.2. The Balaban J connectivity index is 1.47. The fourth-order valence-electron chi connectivity index (χ4n) is 5.17. The number of amides is 1. The van der Waals surface area contributed by atoms with Gasteiger partial charge in [-0.3, -0.25) is 4.79 Å². The molecule has 1 aliphatic heterocycles. The van der Waals surface area contributed by atoms with Crippen molar-refractivity contribution < 1.29 is 4.79 Å². The van der Waals surface area contributed by atoms with Gasteiger partial charge >= 0.3 is 0 Å². The third-order valence-electron chi connectivity index (χ3n) is 6.70. The third-order valence-corrected chi connectivity index (χ3v) is 7.68. The molecule has 7 heteroatoms. The molecule has 1 atom stereocenters. The van der Waals surface area contributed by atoms with Gasteiger partial charge < -0.3 is 4.90 Å². The fourth-order valence-corrected chi connectivity index (χ4v) is 6.03. The van der Waals surface area contributed by atoms with Crippen molar-refractivity contribution >= 4 is 34.4 Å². The summed E-state index contributed by atoms with van der Waals surface area (Å²) in [5.41, 5.74) is 4.97. The van der Waals surface area contributed by atoms with Crippen molar-refractivity contribution in [3.8, 4) is 5.69 Å². The lowest BCUT2D eigenvalue weighted by molar-refractivity contribution is -0.117. The number of carbonyl (C=O) groups excluding carboxylic acids is 1. The van der Waals surface area contributed by atoms with Crippen molar-refractivity contribution in [2.45, 2.75) is 63.9 Å². The molecule has 6 nitrogen and oxygen atoms in total. The van der Waals surface area contributed by atoms with E-state index >= 15 is 0 Å². The minimum Gasteiger partial charge on any atom is -0.306 e. The molecule has 0 saturated carbocycles. The Bertz CT molecular complexity index is 1400. The first-order chi connectivity index (χ1) is 16.8. The summed E-state index contributed by atoms with van der Waals surface area (Å²) in [4.78, 5) is 25.2. The molecule has 4 aromatic rings. The normalized spacial score (nSPS) is 16.9. The number of anilines is 1. The number of fused-ring (bicyclic) bond motifs is 2. The predicted molar refractivity (Wildman–Crippen MR) is 143 cm³/mol. The molecule has 0 saturated heterocycles. The number of nitrogens with zero attached hydrogens (tertiary/aromatic N) is 5. The lowest BCUT2D eigenvalue weighted by Gasteiger charge is -2.46. The molecule has 0 aliphatic carbocycles. The maximum atomic E-state index is 13.7. The average Bonchev–Trinajstić information content (AvgIpc) is 3.27. The molecular formula is C28H31N5OS. The fraction of sp³-hybridized carbons (Fsp3) is 0.357. The van der Waals surface area contributed by atoms with E-state index in [1.165, 1.54) is 22.9 Å². The Morgan fingerprint density at radius 3 is 2.66 bits per heavy atom. The molecule has 0 N–H and O–H groups in total. The van der Waals surface area contributed by atoms with Crippen molar-refractivity contribution in [2.75, 3.05) is 10.7 Å². The number of carbonyl (C=O) groups is 1. The zero-order valence-electron chi connectivity index (χ0n) is 20.9. The quantitative estimate of drug-likeness (QED) is 0.253. The van der Waals surface area contributed by atoms with E-state index in [1.54, 1.807) is 6.20 Å². The van der Waals surface area contributed by atoms with Crippen LogP contribution in [0.4, 0.5) is 5.69 Å². The highest BCUT2D eigenvalue weighted by Gasteiger charge is 2.39. The minimum atomic E-state index is -0.257. The smallest absolute Gasteiger partial charge is 0.237 e. The highest BCUT2D eigenvalue weighted by Crippen LogP contribution is 2.44. The van der Waals surface area contributed by atoms with Crippen molar-refractivity contribution in [1.82, 2.24) is 19.7 Å². The molecule has 0 bridgehead atoms. The first kappa shape index (κ1) is 23.5. The van der Waals surface area contributed by atoms with Gasteiger partial charge in [0.15, 0.2) is 5.65 Å². The average molecular weight is 486 g/mol. The predicted octanol–water partition coefficient (Wildman–Crippen LogP) is 6.10. The molecule has 3 heterocycles. The molecule has 1 aliphatic rings. The summed E-state index contributed by atoms with van der Waals surface area (Å²) >= 11 is 1.47. The van der Waals surface area contributed by atoms with Gasteiger partial charge in [0, 0.05) is 17.6 Å². The Labute approximate surface area is 210 Å². The second-order valence-electron chi connectivity index (χ2n) is 9.93. The Morgan fingerprint density at radius 2 is 1.91 bits per heavy atom. The summed E-state index contributed by atoms with van der Waals surface area (Å²) in [6, 6.07) is 16.4. The van der Waals surface area contributed by atoms with Crippen LogP contribution in [-0.2, 0) is 11.2 Å². The van der Waals surface area contributed by atoms with Crippen LogP contribution in [-0.4, -0.2) is 36.9 Å². The number of rotatable bonds is 5.